The van der Waals surface area contributed by atoms with Crippen molar-refractivity contribution >= 4 is 11.3 Å². The molecule has 1 N–H and O–H groups in total. The lowest BCUT2D eigenvalue weighted by Crippen LogP contribution is -2.45. The van der Waals surface area contributed by atoms with Crippen LogP contribution in [0.1, 0.15) is 37.3 Å². The predicted octanol–water partition coefficient (Wildman–Crippen LogP) is 1.70. The average Bonchev–Trinajstić information content (AvgIpc) is 2.71. The van der Waals surface area contributed by atoms with E-state index in [4.69, 9.17) is 0 Å². The monoisotopic (exact) mass is 269 g/mol. The first-order valence-corrected chi connectivity index (χ1v) is 7.58. The maximum Gasteiger partial charge on any atom is 0.304 e. The third kappa shape index (κ3) is 3.22. The van der Waals surface area contributed by atoms with Crippen LogP contribution in [-0.4, -0.2) is 47.5 Å². The molecule has 0 spiro atoms. The van der Waals surface area contributed by atoms with Gasteiger partial charge in [-0.3, -0.25) is 9.69 Å². The van der Waals surface area contributed by atoms with Crippen molar-refractivity contribution in [1.29, 1.82) is 0 Å². The van der Waals surface area contributed by atoms with E-state index in [1.54, 1.807) is 0 Å². The van der Waals surface area contributed by atoms with E-state index in [0.717, 1.165) is 45.0 Å². The second-order valence-corrected chi connectivity index (χ2v) is 6.28. The van der Waals surface area contributed by atoms with Crippen LogP contribution in [0.3, 0.4) is 0 Å². The summed E-state index contributed by atoms with van der Waals surface area (Å²) in [4.78, 5) is 20.7. The molecule has 1 fully saturated rings. The molecule has 1 aromatic heterocycles. The highest BCUT2D eigenvalue weighted by molar-refractivity contribution is 7.09. The molecule has 1 saturated heterocycles. The second kappa shape index (κ2) is 5.99. The summed E-state index contributed by atoms with van der Waals surface area (Å²) in [6.07, 6.45) is 0. The molecule has 2 rings (SSSR count). The van der Waals surface area contributed by atoms with Gasteiger partial charge in [0, 0.05) is 43.3 Å². The van der Waals surface area contributed by atoms with E-state index in [0.29, 0.717) is 5.92 Å². The molecule has 4 nitrogen and oxygen atoms in total. The van der Waals surface area contributed by atoms with Crippen molar-refractivity contribution < 1.29 is 0 Å². The van der Waals surface area contributed by atoms with Crippen molar-refractivity contribution in [2.45, 2.75) is 33.2 Å². The van der Waals surface area contributed by atoms with Crippen molar-refractivity contribution in [3.05, 3.63) is 20.2 Å². The fourth-order valence-electron chi connectivity index (χ4n) is 2.42. The number of aromatic amines is 1. The molecule has 0 aromatic carbocycles. The number of piperazine rings is 1. The van der Waals surface area contributed by atoms with Crippen LogP contribution in [0.4, 0.5) is 0 Å². The first-order valence-electron chi connectivity index (χ1n) is 6.76. The Kier molecular flexibility index (Phi) is 4.59. The lowest BCUT2D eigenvalue weighted by atomic mass is 10.1. The number of nitrogens with one attached hydrogen (secondary N) is 1. The molecule has 0 bridgehead atoms. The summed E-state index contributed by atoms with van der Waals surface area (Å²) >= 11 is 1.38. The highest BCUT2D eigenvalue weighted by atomic mass is 32.1. The number of rotatable bonds is 4. The van der Waals surface area contributed by atoms with Crippen LogP contribution in [0, 0.1) is 0 Å². The van der Waals surface area contributed by atoms with Gasteiger partial charge in [-0.1, -0.05) is 32.1 Å². The van der Waals surface area contributed by atoms with Crippen molar-refractivity contribution in [2.24, 2.45) is 0 Å². The van der Waals surface area contributed by atoms with E-state index >= 15 is 0 Å². The standard InChI is InChI=1S/C13H23N3OS/c1-4-15-5-7-16(8-6-15)9-11-12(10(2)3)14-13(17)18-11/h10H,4-9H2,1-3H3,(H,14,17). The molecule has 1 aromatic rings. The van der Waals surface area contributed by atoms with Gasteiger partial charge in [0.1, 0.15) is 0 Å². The van der Waals surface area contributed by atoms with Gasteiger partial charge < -0.3 is 9.88 Å². The lowest BCUT2D eigenvalue weighted by molar-refractivity contribution is 0.132. The number of likely N-dealkylation sites (N-methyl/N-ethyl adjacent to an activating group) is 1. The summed E-state index contributed by atoms with van der Waals surface area (Å²) in [5.74, 6) is 0.399. The van der Waals surface area contributed by atoms with E-state index in [1.165, 1.54) is 16.2 Å². The smallest absolute Gasteiger partial charge is 0.304 e. The van der Waals surface area contributed by atoms with Crippen molar-refractivity contribution in [1.82, 2.24) is 14.8 Å². The summed E-state index contributed by atoms with van der Waals surface area (Å²) in [5, 5.41) is 0. The van der Waals surface area contributed by atoms with E-state index < -0.39 is 0 Å². The van der Waals surface area contributed by atoms with Gasteiger partial charge in [-0.05, 0) is 12.5 Å². The first-order chi connectivity index (χ1) is 8.60. The van der Waals surface area contributed by atoms with Gasteiger partial charge in [-0.2, -0.15) is 0 Å². The van der Waals surface area contributed by atoms with Crippen LogP contribution in [0.25, 0.3) is 0 Å². The zero-order chi connectivity index (χ0) is 13.1. The zero-order valence-electron chi connectivity index (χ0n) is 11.5. The quantitative estimate of drug-likeness (QED) is 0.904. The van der Waals surface area contributed by atoms with Crippen LogP contribution >= 0.6 is 11.3 Å². The van der Waals surface area contributed by atoms with Crippen LogP contribution in [0.2, 0.25) is 0 Å². The molecular weight excluding hydrogens is 246 g/mol. The Bertz CT molecular complexity index is 430. The van der Waals surface area contributed by atoms with E-state index in [1.807, 2.05) is 0 Å². The Morgan fingerprint density at radius 1 is 1.22 bits per heavy atom. The molecule has 0 radical (unpaired) electrons. The van der Waals surface area contributed by atoms with Crippen molar-refractivity contribution in [3.63, 3.8) is 0 Å². The Hall–Kier alpha value is -0.650. The summed E-state index contributed by atoms with van der Waals surface area (Å²) < 4.78 is 0. The van der Waals surface area contributed by atoms with E-state index in [9.17, 15) is 4.79 Å². The molecule has 0 atom stereocenters. The second-order valence-electron chi connectivity index (χ2n) is 5.22. The van der Waals surface area contributed by atoms with Crippen LogP contribution < -0.4 is 4.87 Å². The molecule has 18 heavy (non-hydrogen) atoms. The minimum atomic E-state index is 0.0842. The number of thiazole rings is 1. The molecule has 0 amide bonds. The molecule has 102 valence electrons. The Labute approximate surface area is 113 Å². The van der Waals surface area contributed by atoms with Gasteiger partial charge >= 0.3 is 4.87 Å². The maximum absolute atomic E-state index is 11.5. The minimum Gasteiger partial charge on any atom is -0.316 e. The topological polar surface area (TPSA) is 39.3 Å². The number of hydrogen-bond donors (Lipinski definition) is 1. The fourth-order valence-corrected chi connectivity index (χ4v) is 3.45. The summed E-state index contributed by atoms with van der Waals surface area (Å²) in [5.41, 5.74) is 1.13. The molecule has 2 heterocycles. The van der Waals surface area contributed by atoms with Gasteiger partial charge in [0.05, 0.1) is 0 Å². The fraction of sp³-hybridized carbons (Fsp3) is 0.769. The van der Waals surface area contributed by atoms with Gasteiger partial charge in [0.25, 0.3) is 0 Å². The Morgan fingerprint density at radius 3 is 2.39 bits per heavy atom. The third-order valence-corrected chi connectivity index (χ3v) is 4.49. The van der Waals surface area contributed by atoms with Crippen molar-refractivity contribution in [3.8, 4) is 0 Å². The summed E-state index contributed by atoms with van der Waals surface area (Å²) in [7, 11) is 0. The van der Waals surface area contributed by atoms with Gasteiger partial charge in [0.2, 0.25) is 0 Å². The number of H-pyrrole nitrogens is 1. The molecule has 1 aliphatic rings. The third-order valence-electron chi connectivity index (χ3n) is 3.61. The largest absolute Gasteiger partial charge is 0.316 e. The number of hydrogen-bond acceptors (Lipinski definition) is 4. The molecule has 1 aliphatic heterocycles. The van der Waals surface area contributed by atoms with Crippen LogP contribution in [0.5, 0.6) is 0 Å². The van der Waals surface area contributed by atoms with E-state index in [2.05, 4.69) is 35.6 Å². The molecule has 0 unspecified atom stereocenters. The molecule has 5 heteroatoms. The summed E-state index contributed by atoms with van der Waals surface area (Å²) in [6.45, 7) is 13.1. The summed E-state index contributed by atoms with van der Waals surface area (Å²) in [6, 6.07) is 0. The minimum absolute atomic E-state index is 0.0842. The Balaban J connectivity index is 2.00. The Morgan fingerprint density at radius 2 is 1.83 bits per heavy atom. The number of aromatic nitrogens is 1. The molecule has 0 saturated carbocycles. The highest BCUT2D eigenvalue weighted by Gasteiger charge is 2.19. The van der Waals surface area contributed by atoms with Crippen LogP contribution in [0.15, 0.2) is 4.79 Å². The zero-order valence-corrected chi connectivity index (χ0v) is 12.3. The van der Waals surface area contributed by atoms with E-state index in [-0.39, 0.29) is 4.87 Å². The maximum atomic E-state index is 11.5. The van der Waals surface area contributed by atoms with Gasteiger partial charge in [0.15, 0.2) is 0 Å². The number of nitrogens with zero attached hydrogens (tertiary/aromatic N) is 2. The van der Waals surface area contributed by atoms with Gasteiger partial charge in [-0.15, -0.1) is 0 Å². The molecular formula is C13H23N3OS. The normalized spacial score (nSPS) is 18.7. The highest BCUT2D eigenvalue weighted by Crippen LogP contribution is 2.21. The SMILES string of the molecule is CCN1CCN(Cc2sc(=O)[nH]c2C(C)C)CC1. The van der Waals surface area contributed by atoms with Crippen molar-refractivity contribution in [2.75, 3.05) is 32.7 Å². The lowest BCUT2D eigenvalue weighted by Gasteiger charge is -2.33. The molecule has 0 aliphatic carbocycles. The first kappa shape index (κ1) is 13.8. The van der Waals surface area contributed by atoms with Gasteiger partial charge in [-0.25, -0.2) is 0 Å². The average molecular weight is 269 g/mol. The van der Waals surface area contributed by atoms with Crippen LogP contribution in [-0.2, 0) is 6.54 Å². The predicted molar refractivity (Wildman–Crippen MR) is 76.4 cm³/mol.